The number of hydrogen-bond acceptors (Lipinski definition) is 3. The van der Waals surface area contributed by atoms with Crippen molar-refractivity contribution in [2.45, 2.75) is 19.4 Å². The highest BCUT2D eigenvalue weighted by atomic mass is 32.1. The monoisotopic (exact) mass is 252 g/mol. The second-order valence-corrected chi connectivity index (χ2v) is 5.31. The molecule has 5 heteroatoms. The highest BCUT2D eigenvalue weighted by molar-refractivity contribution is 7.10. The first-order chi connectivity index (χ1) is 8.09. The SMILES string of the molecule is CC1C(=O)N(C)CCN1C(=O)Cc1cccs1. The molecule has 2 heterocycles. The number of piperazine rings is 1. The zero-order chi connectivity index (χ0) is 12.4. The van der Waals surface area contributed by atoms with Crippen LogP contribution >= 0.6 is 11.3 Å². The fraction of sp³-hybridized carbons (Fsp3) is 0.500. The normalized spacial score (nSPS) is 20.8. The lowest BCUT2D eigenvalue weighted by molar-refractivity contribution is -0.149. The second-order valence-electron chi connectivity index (χ2n) is 4.28. The molecule has 0 radical (unpaired) electrons. The largest absolute Gasteiger partial charge is 0.342 e. The van der Waals surface area contributed by atoms with Crippen LogP contribution in [0.5, 0.6) is 0 Å². The maximum Gasteiger partial charge on any atom is 0.244 e. The van der Waals surface area contributed by atoms with Gasteiger partial charge in [0, 0.05) is 25.0 Å². The van der Waals surface area contributed by atoms with Crippen LogP contribution in [0.2, 0.25) is 0 Å². The predicted molar refractivity (Wildman–Crippen MR) is 66.8 cm³/mol. The summed E-state index contributed by atoms with van der Waals surface area (Å²) in [6.45, 7) is 3.05. The molecule has 0 aliphatic carbocycles. The summed E-state index contributed by atoms with van der Waals surface area (Å²) in [5.74, 6) is 0.0668. The summed E-state index contributed by atoms with van der Waals surface area (Å²) in [6, 6.07) is 3.55. The van der Waals surface area contributed by atoms with Gasteiger partial charge in [0.2, 0.25) is 11.8 Å². The Morgan fingerprint density at radius 2 is 2.29 bits per heavy atom. The van der Waals surface area contributed by atoms with Gasteiger partial charge in [0.15, 0.2) is 0 Å². The van der Waals surface area contributed by atoms with E-state index in [1.54, 1.807) is 35.1 Å². The molecule has 2 amide bonds. The minimum absolute atomic E-state index is 0.0239. The molecule has 1 aromatic heterocycles. The van der Waals surface area contributed by atoms with Crippen LogP contribution in [0.4, 0.5) is 0 Å². The molecule has 17 heavy (non-hydrogen) atoms. The van der Waals surface area contributed by atoms with Crippen molar-refractivity contribution < 1.29 is 9.59 Å². The van der Waals surface area contributed by atoms with Gasteiger partial charge in [0.25, 0.3) is 0 Å². The van der Waals surface area contributed by atoms with Gasteiger partial charge in [0.05, 0.1) is 6.42 Å². The lowest BCUT2D eigenvalue weighted by Crippen LogP contribution is -2.56. The molecule has 1 saturated heterocycles. The van der Waals surface area contributed by atoms with E-state index in [4.69, 9.17) is 0 Å². The van der Waals surface area contributed by atoms with Gasteiger partial charge in [-0.25, -0.2) is 0 Å². The van der Waals surface area contributed by atoms with Crippen LogP contribution in [-0.2, 0) is 16.0 Å². The minimum atomic E-state index is -0.332. The molecule has 1 aliphatic heterocycles. The van der Waals surface area contributed by atoms with Gasteiger partial charge >= 0.3 is 0 Å². The second kappa shape index (κ2) is 4.87. The van der Waals surface area contributed by atoms with Crippen molar-refractivity contribution in [3.63, 3.8) is 0 Å². The molecule has 0 spiro atoms. The number of carbonyl (C=O) groups is 2. The zero-order valence-electron chi connectivity index (χ0n) is 10.0. The van der Waals surface area contributed by atoms with E-state index in [1.165, 1.54) is 0 Å². The highest BCUT2D eigenvalue weighted by Gasteiger charge is 2.32. The van der Waals surface area contributed by atoms with Crippen molar-refractivity contribution in [3.8, 4) is 0 Å². The fourth-order valence-corrected chi connectivity index (χ4v) is 2.71. The number of thiophene rings is 1. The summed E-state index contributed by atoms with van der Waals surface area (Å²) in [4.78, 5) is 28.3. The van der Waals surface area contributed by atoms with Gasteiger partial charge in [-0.3, -0.25) is 9.59 Å². The van der Waals surface area contributed by atoms with Crippen LogP contribution in [0.3, 0.4) is 0 Å². The Hall–Kier alpha value is -1.36. The van der Waals surface area contributed by atoms with Gasteiger partial charge in [-0.05, 0) is 18.4 Å². The topological polar surface area (TPSA) is 40.6 Å². The number of likely N-dealkylation sites (N-methyl/N-ethyl adjacent to an activating group) is 1. The standard InChI is InChI=1S/C12H16N2O2S/c1-9-12(16)13(2)5-6-14(9)11(15)8-10-4-3-7-17-10/h3-4,7,9H,5-6,8H2,1-2H3. The van der Waals surface area contributed by atoms with Crippen molar-refractivity contribution in [3.05, 3.63) is 22.4 Å². The van der Waals surface area contributed by atoms with E-state index in [-0.39, 0.29) is 17.9 Å². The van der Waals surface area contributed by atoms with Gasteiger partial charge in [-0.1, -0.05) is 6.07 Å². The van der Waals surface area contributed by atoms with Crippen molar-refractivity contribution >= 4 is 23.2 Å². The van der Waals surface area contributed by atoms with Crippen LogP contribution in [0, 0.1) is 0 Å². The third-order valence-corrected chi connectivity index (χ3v) is 3.98. The van der Waals surface area contributed by atoms with E-state index in [2.05, 4.69) is 0 Å². The van der Waals surface area contributed by atoms with E-state index in [9.17, 15) is 9.59 Å². The Balaban J connectivity index is 2.02. The summed E-state index contributed by atoms with van der Waals surface area (Å²) in [5.41, 5.74) is 0. The lowest BCUT2D eigenvalue weighted by Gasteiger charge is -2.37. The molecule has 2 rings (SSSR count). The summed E-state index contributed by atoms with van der Waals surface area (Å²) < 4.78 is 0. The molecule has 1 aliphatic rings. The number of rotatable bonds is 2. The Morgan fingerprint density at radius 3 is 2.94 bits per heavy atom. The van der Waals surface area contributed by atoms with Crippen molar-refractivity contribution in [2.75, 3.05) is 20.1 Å². The first-order valence-corrected chi connectivity index (χ1v) is 6.54. The number of carbonyl (C=O) groups excluding carboxylic acids is 2. The molecule has 0 aromatic carbocycles. The van der Waals surface area contributed by atoms with Crippen molar-refractivity contribution in [1.29, 1.82) is 0 Å². The summed E-state index contributed by atoms with van der Waals surface area (Å²) >= 11 is 1.57. The Labute approximate surface area is 105 Å². The van der Waals surface area contributed by atoms with E-state index < -0.39 is 0 Å². The number of amides is 2. The van der Waals surface area contributed by atoms with E-state index >= 15 is 0 Å². The first-order valence-electron chi connectivity index (χ1n) is 5.66. The molecule has 92 valence electrons. The Kier molecular flexibility index (Phi) is 3.47. The predicted octanol–water partition coefficient (Wildman–Crippen LogP) is 0.980. The average molecular weight is 252 g/mol. The Morgan fingerprint density at radius 1 is 1.53 bits per heavy atom. The highest BCUT2D eigenvalue weighted by Crippen LogP contribution is 2.15. The van der Waals surface area contributed by atoms with Crippen LogP contribution in [0.15, 0.2) is 17.5 Å². The smallest absolute Gasteiger partial charge is 0.244 e. The molecular formula is C12H16N2O2S. The van der Waals surface area contributed by atoms with Crippen LogP contribution in [0.1, 0.15) is 11.8 Å². The lowest BCUT2D eigenvalue weighted by atomic mass is 10.1. The molecule has 0 bridgehead atoms. The average Bonchev–Trinajstić information content (AvgIpc) is 2.78. The molecule has 1 fully saturated rings. The minimum Gasteiger partial charge on any atom is -0.342 e. The molecule has 1 atom stereocenters. The first kappa shape index (κ1) is 12.1. The molecular weight excluding hydrogens is 236 g/mol. The number of nitrogens with zero attached hydrogens (tertiary/aromatic N) is 2. The zero-order valence-corrected chi connectivity index (χ0v) is 10.9. The van der Waals surface area contributed by atoms with E-state index in [0.717, 1.165) is 4.88 Å². The number of hydrogen-bond donors (Lipinski definition) is 0. The molecule has 4 nitrogen and oxygen atoms in total. The van der Waals surface area contributed by atoms with Crippen LogP contribution in [-0.4, -0.2) is 47.8 Å². The molecule has 1 unspecified atom stereocenters. The molecule has 1 aromatic rings. The van der Waals surface area contributed by atoms with Gasteiger partial charge in [-0.2, -0.15) is 0 Å². The summed E-state index contributed by atoms with van der Waals surface area (Å²) in [5, 5.41) is 1.96. The van der Waals surface area contributed by atoms with E-state index in [1.807, 2.05) is 17.5 Å². The van der Waals surface area contributed by atoms with Gasteiger partial charge in [-0.15, -0.1) is 11.3 Å². The maximum atomic E-state index is 12.1. The van der Waals surface area contributed by atoms with Crippen LogP contribution < -0.4 is 0 Å². The van der Waals surface area contributed by atoms with Gasteiger partial charge in [0.1, 0.15) is 6.04 Å². The maximum absolute atomic E-state index is 12.1. The van der Waals surface area contributed by atoms with Gasteiger partial charge < -0.3 is 9.80 Å². The summed E-state index contributed by atoms with van der Waals surface area (Å²) in [6.07, 6.45) is 0.402. The molecule has 0 saturated carbocycles. The van der Waals surface area contributed by atoms with E-state index in [0.29, 0.717) is 19.5 Å². The third-order valence-electron chi connectivity index (χ3n) is 3.10. The molecule has 0 N–H and O–H groups in total. The summed E-state index contributed by atoms with van der Waals surface area (Å²) in [7, 11) is 1.78. The quantitative estimate of drug-likeness (QED) is 0.787. The van der Waals surface area contributed by atoms with Crippen LogP contribution in [0.25, 0.3) is 0 Å². The third kappa shape index (κ3) is 2.49. The fourth-order valence-electron chi connectivity index (χ4n) is 2.02. The Bertz CT molecular complexity index is 416. The van der Waals surface area contributed by atoms with Crippen molar-refractivity contribution in [1.82, 2.24) is 9.80 Å². The van der Waals surface area contributed by atoms with Crippen molar-refractivity contribution in [2.24, 2.45) is 0 Å².